The van der Waals surface area contributed by atoms with Gasteiger partial charge in [-0.3, -0.25) is 0 Å². The van der Waals surface area contributed by atoms with Gasteiger partial charge in [-0.05, 0) is 105 Å². The SMILES string of the molecule is CC(C)(C)CC(C)(C)c1ccc(OP2NP(Oc3ccc(C(C)(C)CC(C)(C)C)cc3)NP(Oc3ccc(C(C)(C)CC(C)(C)C)cc3)N2)cc1. The Balaban J connectivity index is 1.51. The Morgan fingerprint density at radius 1 is 0.353 bits per heavy atom. The second-order valence-electron chi connectivity index (χ2n) is 19.9. The molecule has 0 aromatic heterocycles. The molecule has 51 heavy (non-hydrogen) atoms. The average molecular weight is 754 g/mol. The van der Waals surface area contributed by atoms with E-state index in [9.17, 15) is 0 Å². The van der Waals surface area contributed by atoms with E-state index in [0.29, 0.717) is 0 Å². The molecule has 1 aliphatic heterocycles. The minimum Gasteiger partial charge on any atom is -0.444 e. The number of hydrogen-bond acceptors (Lipinski definition) is 6. The highest BCUT2D eigenvalue weighted by Gasteiger charge is 2.35. The lowest BCUT2D eigenvalue weighted by Gasteiger charge is -2.35. The molecule has 0 aliphatic carbocycles. The van der Waals surface area contributed by atoms with Gasteiger partial charge in [0.2, 0.25) is 0 Å². The highest BCUT2D eigenvalue weighted by atomic mass is 31.3. The van der Waals surface area contributed by atoms with Gasteiger partial charge in [0, 0.05) is 0 Å². The Bertz CT molecular complexity index is 1360. The van der Waals surface area contributed by atoms with Crippen molar-refractivity contribution in [1.29, 1.82) is 0 Å². The van der Waals surface area contributed by atoms with Crippen molar-refractivity contribution in [2.24, 2.45) is 16.2 Å². The first-order valence-corrected chi connectivity index (χ1v) is 22.1. The van der Waals surface area contributed by atoms with Gasteiger partial charge in [-0.15, -0.1) is 0 Å². The fourth-order valence-electron chi connectivity index (χ4n) is 7.94. The van der Waals surface area contributed by atoms with Crippen molar-refractivity contribution in [2.45, 2.75) is 139 Å². The molecule has 1 aliphatic rings. The first kappa shape index (κ1) is 42.0. The quantitative estimate of drug-likeness (QED) is 0.160. The zero-order chi connectivity index (χ0) is 38.0. The van der Waals surface area contributed by atoms with Crippen molar-refractivity contribution in [3.8, 4) is 17.2 Å². The highest BCUT2D eigenvalue weighted by molar-refractivity contribution is 7.79. The van der Waals surface area contributed by atoms with Gasteiger partial charge in [0.05, 0.1) is 0 Å². The molecular weight excluding hydrogens is 687 g/mol. The van der Waals surface area contributed by atoms with Gasteiger partial charge in [-0.25, -0.2) is 0 Å². The van der Waals surface area contributed by atoms with E-state index in [0.717, 1.165) is 36.5 Å². The molecule has 9 heteroatoms. The van der Waals surface area contributed by atoms with Gasteiger partial charge in [-0.2, -0.15) is 14.6 Å². The van der Waals surface area contributed by atoms with Crippen molar-refractivity contribution in [1.82, 2.24) is 14.6 Å². The third-order valence-electron chi connectivity index (χ3n) is 8.96. The number of nitrogens with one attached hydrogen (secondary N) is 3. The normalized spacial score (nSPS) is 19.5. The van der Waals surface area contributed by atoms with E-state index in [1.54, 1.807) is 0 Å². The van der Waals surface area contributed by atoms with Gasteiger partial charge in [0.1, 0.15) is 17.2 Å². The van der Waals surface area contributed by atoms with E-state index in [2.05, 4.69) is 191 Å². The van der Waals surface area contributed by atoms with E-state index < -0.39 is 25.3 Å². The predicted octanol–water partition coefficient (Wildman–Crippen LogP) is 13.8. The van der Waals surface area contributed by atoms with Crippen LogP contribution in [0.4, 0.5) is 0 Å². The topological polar surface area (TPSA) is 63.8 Å². The number of rotatable bonds is 12. The fourth-order valence-corrected chi connectivity index (χ4v) is 13.6. The predicted molar refractivity (Wildman–Crippen MR) is 223 cm³/mol. The molecule has 3 aromatic carbocycles. The van der Waals surface area contributed by atoms with Crippen LogP contribution in [-0.2, 0) is 16.2 Å². The van der Waals surface area contributed by atoms with E-state index in [4.69, 9.17) is 13.6 Å². The molecule has 0 spiro atoms. The largest absolute Gasteiger partial charge is 0.444 e. The average Bonchev–Trinajstić information content (AvgIpc) is 2.94. The lowest BCUT2D eigenvalue weighted by molar-refractivity contribution is 0.283. The number of hydrogen-bond donors (Lipinski definition) is 3. The van der Waals surface area contributed by atoms with E-state index >= 15 is 0 Å². The van der Waals surface area contributed by atoms with Gasteiger partial charge in [0.15, 0.2) is 0 Å². The lowest BCUT2D eigenvalue weighted by atomic mass is 9.72. The summed E-state index contributed by atoms with van der Waals surface area (Å²) in [6, 6.07) is 25.7. The van der Waals surface area contributed by atoms with Crippen molar-refractivity contribution < 1.29 is 13.6 Å². The first-order chi connectivity index (χ1) is 23.3. The van der Waals surface area contributed by atoms with Crippen LogP contribution < -0.4 is 28.1 Å². The lowest BCUT2D eigenvalue weighted by Crippen LogP contribution is -2.32. The van der Waals surface area contributed by atoms with Crippen LogP contribution in [0.5, 0.6) is 17.2 Å². The highest BCUT2D eigenvalue weighted by Crippen LogP contribution is 2.56. The molecule has 4 rings (SSSR count). The molecule has 1 saturated heterocycles. The summed E-state index contributed by atoms with van der Waals surface area (Å²) < 4.78 is 19.7. The molecule has 0 bridgehead atoms. The third-order valence-corrected chi connectivity index (χ3v) is 14.5. The Morgan fingerprint density at radius 3 is 0.725 bits per heavy atom. The summed E-state index contributed by atoms with van der Waals surface area (Å²) in [6.07, 6.45) is 3.28. The molecule has 6 nitrogen and oxygen atoms in total. The smallest absolute Gasteiger partial charge is 0.257 e. The zero-order valence-corrected chi connectivity index (χ0v) is 36.8. The molecule has 282 valence electrons. The van der Waals surface area contributed by atoms with E-state index in [1.807, 2.05) is 0 Å². The standard InChI is InChI=1S/C42H66N3O3P3/c1-37(2,3)28-40(10,11)31-16-22-34(23-17-31)46-49-43-50(47-35-24-18-32(19-25-35)41(12,13)29-38(4,5)6)45-51(44-49)48-36-26-20-33(21-27-36)42(14,15)30-39(7,8)9/h16-27,43-45H,28-30H2,1-15H3. The Labute approximate surface area is 314 Å². The monoisotopic (exact) mass is 753 g/mol. The van der Waals surface area contributed by atoms with Crippen LogP contribution in [0.15, 0.2) is 72.8 Å². The van der Waals surface area contributed by atoms with Crippen LogP contribution >= 0.6 is 25.3 Å². The molecule has 0 saturated carbocycles. The Morgan fingerprint density at radius 2 is 0.549 bits per heavy atom. The molecule has 3 N–H and O–H groups in total. The maximum atomic E-state index is 6.56. The summed E-state index contributed by atoms with van der Waals surface area (Å²) >= 11 is 0. The maximum Gasteiger partial charge on any atom is 0.257 e. The minimum absolute atomic E-state index is 0.0622. The molecule has 0 atom stereocenters. The van der Waals surface area contributed by atoms with Gasteiger partial charge in [0.25, 0.3) is 25.3 Å². The van der Waals surface area contributed by atoms with Crippen LogP contribution in [-0.4, -0.2) is 0 Å². The van der Waals surface area contributed by atoms with Gasteiger partial charge in [-0.1, -0.05) is 140 Å². The Hall–Kier alpha value is -1.77. The molecule has 1 fully saturated rings. The van der Waals surface area contributed by atoms with Crippen LogP contribution in [0.3, 0.4) is 0 Å². The van der Waals surface area contributed by atoms with Crippen LogP contribution in [0.1, 0.15) is 140 Å². The Kier molecular flexibility index (Phi) is 13.1. The molecule has 0 unspecified atom stereocenters. The molecular formula is C42H66N3O3P3. The third kappa shape index (κ3) is 13.2. The summed E-state index contributed by atoms with van der Waals surface area (Å²) in [5.41, 5.74) is 4.84. The maximum absolute atomic E-state index is 6.56. The minimum atomic E-state index is -1.31. The molecule has 1 heterocycles. The summed E-state index contributed by atoms with van der Waals surface area (Å²) in [6.45, 7) is 34.6. The fraction of sp³-hybridized carbons (Fsp3) is 0.571. The number of benzene rings is 3. The summed E-state index contributed by atoms with van der Waals surface area (Å²) in [7, 11) is -3.94. The second-order valence-corrected chi connectivity index (χ2v) is 24.6. The molecule has 0 radical (unpaired) electrons. The van der Waals surface area contributed by atoms with Gasteiger partial charge < -0.3 is 13.6 Å². The van der Waals surface area contributed by atoms with Crippen LogP contribution in [0.2, 0.25) is 0 Å². The zero-order valence-electron chi connectivity index (χ0n) is 34.1. The summed E-state index contributed by atoms with van der Waals surface area (Å²) in [4.78, 5) is 10.7. The molecule has 3 aromatic rings. The van der Waals surface area contributed by atoms with E-state index in [-0.39, 0.29) is 32.5 Å². The van der Waals surface area contributed by atoms with Gasteiger partial charge >= 0.3 is 0 Å². The summed E-state index contributed by atoms with van der Waals surface area (Å²) in [5, 5.41) is 0. The van der Waals surface area contributed by atoms with Crippen molar-refractivity contribution in [3.05, 3.63) is 89.5 Å². The van der Waals surface area contributed by atoms with E-state index in [1.165, 1.54) is 16.7 Å². The van der Waals surface area contributed by atoms with Crippen molar-refractivity contribution >= 4 is 25.3 Å². The van der Waals surface area contributed by atoms with Crippen LogP contribution in [0.25, 0.3) is 0 Å². The second kappa shape index (κ2) is 15.9. The summed E-state index contributed by atoms with van der Waals surface area (Å²) in [5.74, 6) is 2.41. The van der Waals surface area contributed by atoms with Crippen LogP contribution in [0, 0.1) is 16.2 Å². The first-order valence-electron chi connectivity index (χ1n) is 18.3. The van der Waals surface area contributed by atoms with Crippen molar-refractivity contribution in [3.63, 3.8) is 0 Å². The molecule has 0 amide bonds. The van der Waals surface area contributed by atoms with Crippen molar-refractivity contribution in [2.75, 3.05) is 0 Å².